The van der Waals surface area contributed by atoms with Crippen LogP contribution in [0.1, 0.15) is 10.4 Å². The van der Waals surface area contributed by atoms with Crippen LogP contribution in [0.25, 0.3) is 11.1 Å². The number of fused-ring (bicyclic) bond motifs is 1. The number of benzene rings is 1. The number of H-pyrrole nitrogens is 1. The molecule has 6 heteroatoms. The van der Waals surface area contributed by atoms with Crippen LogP contribution in [0, 0.1) is 0 Å². The first kappa shape index (κ1) is 11.2. The van der Waals surface area contributed by atoms with Gasteiger partial charge in [0, 0.05) is 5.56 Å². The molecular formula is C12H11NO5. The van der Waals surface area contributed by atoms with Gasteiger partial charge in [0.2, 0.25) is 0 Å². The molecule has 1 atom stereocenters. The molecule has 6 nitrogen and oxygen atoms in total. The number of hydrogen-bond donors (Lipinski definition) is 1. The molecule has 1 aliphatic heterocycles. The molecule has 1 saturated heterocycles. The Morgan fingerprint density at radius 1 is 1.33 bits per heavy atom. The minimum absolute atomic E-state index is 0.166. The van der Waals surface area contributed by atoms with Crippen molar-refractivity contribution in [2.75, 3.05) is 19.8 Å². The molecule has 1 N–H and O–H groups in total. The van der Waals surface area contributed by atoms with E-state index in [4.69, 9.17) is 13.9 Å². The predicted molar refractivity (Wildman–Crippen MR) is 61.7 cm³/mol. The van der Waals surface area contributed by atoms with Gasteiger partial charge in [0.15, 0.2) is 11.4 Å². The summed E-state index contributed by atoms with van der Waals surface area (Å²) >= 11 is 0. The minimum atomic E-state index is -0.582. The number of carbonyl (C=O) groups is 1. The Bertz CT molecular complexity index is 635. The van der Waals surface area contributed by atoms with Gasteiger partial charge in [0.1, 0.15) is 6.10 Å². The lowest BCUT2D eigenvalue weighted by molar-refractivity contribution is -0.0719. The number of ketones is 1. The third-order valence-electron chi connectivity index (χ3n) is 2.81. The monoisotopic (exact) mass is 249 g/mol. The first-order valence-corrected chi connectivity index (χ1v) is 5.60. The summed E-state index contributed by atoms with van der Waals surface area (Å²) in [6.45, 7) is 1.18. The Balaban J connectivity index is 1.92. The van der Waals surface area contributed by atoms with E-state index in [0.717, 1.165) is 0 Å². The summed E-state index contributed by atoms with van der Waals surface area (Å²) in [5.74, 6) is -0.702. The van der Waals surface area contributed by atoms with E-state index in [1.165, 1.54) is 6.07 Å². The third-order valence-corrected chi connectivity index (χ3v) is 2.81. The van der Waals surface area contributed by atoms with Crippen LogP contribution in [0.2, 0.25) is 0 Å². The first-order valence-electron chi connectivity index (χ1n) is 5.60. The SMILES string of the molecule is O=C(c1ccc2[nH]c(=O)oc2c1)C1COCCO1. The zero-order chi connectivity index (χ0) is 12.5. The number of Topliss-reactive ketones (excluding diaryl/α,β-unsaturated/α-hetero) is 1. The summed E-state index contributed by atoms with van der Waals surface area (Å²) in [5.41, 5.74) is 1.38. The van der Waals surface area contributed by atoms with Crippen molar-refractivity contribution >= 4 is 16.9 Å². The van der Waals surface area contributed by atoms with E-state index in [9.17, 15) is 9.59 Å². The second-order valence-corrected chi connectivity index (χ2v) is 4.02. The van der Waals surface area contributed by atoms with Gasteiger partial charge in [-0.05, 0) is 18.2 Å². The topological polar surface area (TPSA) is 81.5 Å². The molecule has 2 heterocycles. The van der Waals surface area contributed by atoms with Gasteiger partial charge in [0.25, 0.3) is 0 Å². The number of hydrogen-bond acceptors (Lipinski definition) is 5. The van der Waals surface area contributed by atoms with Crippen molar-refractivity contribution in [3.63, 3.8) is 0 Å². The van der Waals surface area contributed by atoms with Crippen LogP contribution in [0.4, 0.5) is 0 Å². The lowest BCUT2D eigenvalue weighted by Gasteiger charge is -2.21. The molecule has 1 unspecified atom stereocenters. The number of nitrogens with one attached hydrogen (secondary N) is 1. The molecule has 0 spiro atoms. The van der Waals surface area contributed by atoms with Crippen LogP contribution in [0.15, 0.2) is 27.4 Å². The van der Waals surface area contributed by atoms with Crippen molar-refractivity contribution in [1.82, 2.24) is 4.98 Å². The standard InChI is InChI=1S/C12H11NO5/c14-11(10-6-16-3-4-17-10)7-1-2-8-9(5-7)18-12(15)13-8/h1-2,5,10H,3-4,6H2,(H,13,15). The highest BCUT2D eigenvalue weighted by Gasteiger charge is 2.24. The molecule has 1 fully saturated rings. The Morgan fingerprint density at radius 2 is 2.22 bits per heavy atom. The molecule has 94 valence electrons. The van der Waals surface area contributed by atoms with Crippen molar-refractivity contribution in [3.05, 3.63) is 34.3 Å². The van der Waals surface area contributed by atoms with E-state index < -0.39 is 11.9 Å². The summed E-state index contributed by atoms with van der Waals surface area (Å²) in [5, 5.41) is 0. The summed E-state index contributed by atoms with van der Waals surface area (Å²) < 4.78 is 15.4. The van der Waals surface area contributed by atoms with E-state index in [2.05, 4.69) is 4.98 Å². The number of aromatic nitrogens is 1. The van der Waals surface area contributed by atoms with Crippen LogP contribution in [-0.4, -0.2) is 36.7 Å². The van der Waals surface area contributed by atoms with Gasteiger partial charge in [-0.3, -0.25) is 9.78 Å². The zero-order valence-corrected chi connectivity index (χ0v) is 9.47. The highest BCUT2D eigenvalue weighted by atomic mass is 16.6. The average molecular weight is 249 g/mol. The molecule has 1 aromatic carbocycles. The number of aromatic amines is 1. The molecule has 0 saturated carbocycles. The molecule has 0 amide bonds. The summed E-state index contributed by atoms with van der Waals surface area (Å²) in [4.78, 5) is 25.6. The van der Waals surface area contributed by atoms with Gasteiger partial charge in [-0.25, -0.2) is 4.79 Å². The van der Waals surface area contributed by atoms with E-state index in [-0.39, 0.29) is 12.4 Å². The van der Waals surface area contributed by atoms with Crippen molar-refractivity contribution in [1.29, 1.82) is 0 Å². The Hall–Kier alpha value is -1.92. The lowest BCUT2D eigenvalue weighted by atomic mass is 10.1. The highest BCUT2D eigenvalue weighted by Crippen LogP contribution is 2.16. The Morgan fingerprint density at radius 3 is 3.00 bits per heavy atom. The molecule has 1 aliphatic rings. The van der Waals surface area contributed by atoms with Crippen LogP contribution in [0.3, 0.4) is 0 Å². The second kappa shape index (κ2) is 4.40. The van der Waals surface area contributed by atoms with Crippen molar-refractivity contribution in [3.8, 4) is 0 Å². The normalized spacial score (nSPS) is 20.1. The molecule has 18 heavy (non-hydrogen) atoms. The van der Waals surface area contributed by atoms with E-state index in [0.29, 0.717) is 29.9 Å². The fraction of sp³-hybridized carbons (Fsp3) is 0.333. The average Bonchev–Trinajstić information content (AvgIpc) is 2.78. The van der Waals surface area contributed by atoms with Gasteiger partial charge in [-0.1, -0.05) is 0 Å². The van der Waals surface area contributed by atoms with E-state index in [1.807, 2.05) is 0 Å². The molecular weight excluding hydrogens is 238 g/mol. The number of oxazole rings is 1. The van der Waals surface area contributed by atoms with Gasteiger partial charge < -0.3 is 13.9 Å². The third kappa shape index (κ3) is 1.96. The zero-order valence-electron chi connectivity index (χ0n) is 9.47. The Kier molecular flexibility index (Phi) is 2.73. The van der Waals surface area contributed by atoms with Crippen molar-refractivity contribution < 1.29 is 18.7 Å². The Labute approximate surface area is 101 Å². The van der Waals surface area contributed by atoms with Gasteiger partial charge in [-0.15, -0.1) is 0 Å². The summed E-state index contributed by atoms with van der Waals surface area (Å²) in [6.07, 6.45) is -0.582. The van der Waals surface area contributed by atoms with E-state index >= 15 is 0 Å². The highest BCUT2D eigenvalue weighted by molar-refractivity contribution is 6.01. The molecule has 3 rings (SSSR count). The first-order chi connectivity index (χ1) is 8.74. The predicted octanol–water partition coefficient (Wildman–Crippen LogP) is 0.719. The van der Waals surface area contributed by atoms with Crippen LogP contribution in [0.5, 0.6) is 0 Å². The fourth-order valence-corrected chi connectivity index (χ4v) is 1.92. The van der Waals surface area contributed by atoms with Crippen LogP contribution < -0.4 is 5.76 Å². The van der Waals surface area contributed by atoms with Crippen molar-refractivity contribution in [2.45, 2.75) is 6.10 Å². The maximum Gasteiger partial charge on any atom is 0.417 e. The van der Waals surface area contributed by atoms with E-state index in [1.54, 1.807) is 12.1 Å². The molecule has 2 aromatic rings. The summed E-state index contributed by atoms with van der Waals surface area (Å²) in [6, 6.07) is 4.80. The maximum atomic E-state index is 12.1. The molecule has 0 aliphatic carbocycles. The largest absolute Gasteiger partial charge is 0.417 e. The minimum Gasteiger partial charge on any atom is -0.408 e. The number of rotatable bonds is 2. The molecule has 0 radical (unpaired) electrons. The van der Waals surface area contributed by atoms with Crippen LogP contribution in [-0.2, 0) is 9.47 Å². The second-order valence-electron chi connectivity index (χ2n) is 4.02. The smallest absolute Gasteiger partial charge is 0.408 e. The van der Waals surface area contributed by atoms with Gasteiger partial charge >= 0.3 is 5.76 Å². The molecule has 0 bridgehead atoms. The quantitative estimate of drug-likeness (QED) is 0.793. The van der Waals surface area contributed by atoms with Gasteiger partial charge in [-0.2, -0.15) is 0 Å². The van der Waals surface area contributed by atoms with Crippen molar-refractivity contribution in [2.24, 2.45) is 0 Å². The number of ether oxygens (including phenoxy) is 2. The fourth-order valence-electron chi connectivity index (χ4n) is 1.92. The summed E-state index contributed by atoms with van der Waals surface area (Å²) in [7, 11) is 0. The lowest BCUT2D eigenvalue weighted by Crippen LogP contribution is -2.35. The maximum absolute atomic E-state index is 12.1. The molecule has 1 aromatic heterocycles. The van der Waals surface area contributed by atoms with Gasteiger partial charge in [0.05, 0.1) is 25.3 Å². The number of carbonyl (C=O) groups excluding carboxylic acids is 1. The van der Waals surface area contributed by atoms with Crippen LogP contribution >= 0.6 is 0 Å².